The highest BCUT2D eigenvalue weighted by atomic mass is 16.5. The van der Waals surface area contributed by atoms with Crippen molar-refractivity contribution in [3.63, 3.8) is 0 Å². The molecule has 1 atom stereocenters. The second kappa shape index (κ2) is 9.07. The summed E-state index contributed by atoms with van der Waals surface area (Å²) >= 11 is 0. The third kappa shape index (κ3) is 4.79. The molecule has 3 amide bonds. The normalized spacial score (nSPS) is 15.8. The SMILES string of the molecule is COc1ccc2[nH]cc(CCNC(=O)N[C@@H]3CCN(C(=O)c4ccc(C)nc4)C3)c2c1. The van der Waals surface area contributed by atoms with Gasteiger partial charge in [0.05, 0.1) is 12.7 Å². The van der Waals surface area contributed by atoms with Crippen LogP contribution >= 0.6 is 0 Å². The maximum absolute atomic E-state index is 12.6. The number of carbonyl (C=O) groups is 2. The molecule has 1 aliphatic heterocycles. The van der Waals surface area contributed by atoms with Gasteiger partial charge in [0.1, 0.15) is 5.75 Å². The van der Waals surface area contributed by atoms with Gasteiger partial charge in [-0.25, -0.2) is 4.79 Å². The van der Waals surface area contributed by atoms with Crippen molar-refractivity contribution < 1.29 is 14.3 Å². The summed E-state index contributed by atoms with van der Waals surface area (Å²) in [5, 5.41) is 6.98. The number of hydrogen-bond donors (Lipinski definition) is 3. The fourth-order valence-electron chi connectivity index (χ4n) is 3.88. The molecule has 0 bridgehead atoms. The van der Waals surface area contributed by atoms with E-state index in [9.17, 15) is 9.59 Å². The first-order chi connectivity index (χ1) is 15.0. The standard InChI is InChI=1S/C23H27N5O3/c1-15-3-4-17(13-25-15)22(29)28-10-8-18(14-28)27-23(30)24-9-7-16-12-26-21-6-5-19(31-2)11-20(16)21/h3-6,11-13,18,26H,7-10,14H2,1-2H3,(H2,24,27,30)/t18-/m1/s1. The Labute approximate surface area is 181 Å². The molecular weight excluding hydrogens is 394 g/mol. The average molecular weight is 422 g/mol. The molecule has 3 N–H and O–H groups in total. The number of H-pyrrole nitrogens is 1. The zero-order valence-corrected chi connectivity index (χ0v) is 17.8. The van der Waals surface area contributed by atoms with Crippen molar-refractivity contribution in [1.82, 2.24) is 25.5 Å². The molecular formula is C23H27N5O3. The van der Waals surface area contributed by atoms with Crippen molar-refractivity contribution in [2.45, 2.75) is 25.8 Å². The number of aryl methyl sites for hydroxylation is 1. The van der Waals surface area contributed by atoms with Gasteiger partial charge < -0.3 is 25.3 Å². The molecule has 162 valence electrons. The minimum Gasteiger partial charge on any atom is -0.497 e. The Bertz CT molecular complexity index is 1080. The van der Waals surface area contributed by atoms with Crippen molar-refractivity contribution in [2.75, 3.05) is 26.7 Å². The van der Waals surface area contributed by atoms with Crippen LogP contribution in [0.25, 0.3) is 10.9 Å². The minimum absolute atomic E-state index is 0.0491. The number of pyridine rings is 1. The number of ether oxygens (including phenoxy) is 1. The fourth-order valence-corrected chi connectivity index (χ4v) is 3.88. The number of urea groups is 1. The Kier molecular flexibility index (Phi) is 6.06. The first-order valence-electron chi connectivity index (χ1n) is 10.4. The lowest BCUT2D eigenvalue weighted by molar-refractivity contribution is 0.0789. The van der Waals surface area contributed by atoms with Crippen LogP contribution in [0.2, 0.25) is 0 Å². The topological polar surface area (TPSA) is 99.3 Å². The average Bonchev–Trinajstić information content (AvgIpc) is 3.40. The van der Waals surface area contributed by atoms with Crippen LogP contribution in [0, 0.1) is 6.92 Å². The molecule has 0 spiro atoms. The zero-order valence-electron chi connectivity index (χ0n) is 17.8. The molecule has 0 aliphatic carbocycles. The van der Waals surface area contributed by atoms with Gasteiger partial charge in [-0.15, -0.1) is 0 Å². The van der Waals surface area contributed by atoms with E-state index in [1.54, 1.807) is 24.3 Å². The summed E-state index contributed by atoms with van der Waals surface area (Å²) in [7, 11) is 1.65. The molecule has 31 heavy (non-hydrogen) atoms. The van der Waals surface area contributed by atoms with Gasteiger partial charge >= 0.3 is 6.03 Å². The molecule has 0 radical (unpaired) electrons. The van der Waals surface area contributed by atoms with Crippen LogP contribution in [-0.4, -0.2) is 59.6 Å². The second-order valence-electron chi connectivity index (χ2n) is 7.80. The van der Waals surface area contributed by atoms with Crippen LogP contribution in [0.5, 0.6) is 5.75 Å². The van der Waals surface area contributed by atoms with Crippen LogP contribution in [0.15, 0.2) is 42.7 Å². The molecule has 1 aliphatic rings. The number of aromatic nitrogens is 2. The van der Waals surface area contributed by atoms with Crippen molar-refractivity contribution >= 4 is 22.8 Å². The summed E-state index contributed by atoms with van der Waals surface area (Å²) in [6.45, 7) is 3.52. The van der Waals surface area contributed by atoms with E-state index in [1.807, 2.05) is 37.4 Å². The van der Waals surface area contributed by atoms with Gasteiger partial charge in [0.2, 0.25) is 0 Å². The third-order valence-electron chi connectivity index (χ3n) is 5.62. The lowest BCUT2D eigenvalue weighted by Gasteiger charge is -2.17. The second-order valence-corrected chi connectivity index (χ2v) is 7.80. The highest BCUT2D eigenvalue weighted by Gasteiger charge is 2.28. The van der Waals surface area contributed by atoms with Gasteiger partial charge in [0.25, 0.3) is 5.91 Å². The lowest BCUT2D eigenvalue weighted by Crippen LogP contribution is -2.44. The van der Waals surface area contributed by atoms with E-state index in [4.69, 9.17) is 4.74 Å². The van der Waals surface area contributed by atoms with Crippen LogP contribution < -0.4 is 15.4 Å². The summed E-state index contributed by atoms with van der Waals surface area (Å²) in [5.41, 5.74) is 3.62. The molecule has 1 fully saturated rings. The number of nitrogens with zero attached hydrogens (tertiary/aromatic N) is 2. The van der Waals surface area contributed by atoms with Crippen LogP contribution in [0.3, 0.4) is 0 Å². The number of amides is 3. The molecule has 0 saturated carbocycles. The van der Waals surface area contributed by atoms with Crippen LogP contribution in [0.1, 0.15) is 28.0 Å². The van der Waals surface area contributed by atoms with Gasteiger partial charge in [0, 0.05) is 54.7 Å². The largest absolute Gasteiger partial charge is 0.497 e. The number of fused-ring (bicyclic) bond motifs is 1. The van der Waals surface area contributed by atoms with E-state index in [0.29, 0.717) is 31.6 Å². The molecule has 2 aromatic heterocycles. The molecule has 8 heteroatoms. The fraction of sp³-hybridized carbons (Fsp3) is 0.348. The quantitative estimate of drug-likeness (QED) is 0.570. The Balaban J connectivity index is 1.24. The number of carbonyl (C=O) groups excluding carboxylic acids is 2. The molecule has 0 unspecified atom stereocenters. The van der Waals surface area contributed by atoms with Crippen molar-refractivity contribution in [1.29, 1.82) is 0 Å². The van der Waals surface area contributed by atoms with E-state index in [0.717, 1.165) is 34.3 Å². The van der Waals surface area contributed by atoms with Gasteiger partial charge in [-0.05, 0) is 55.7 Å². The first-order valence-corrected chi connectivity index (χ1v) is 10.4. The number of hydrogen-bond acceptors (Lipinski definition) is 4. The van der Waals surface area contributed by atoms with Crippen LogP contribution in [0.4, 0.5) is 4.79 Å². The first kappa shape index (κ1) is 20.7. The molecule has 3 aromatic rings. The Morgan fingerprint density at radius 3 is 2.94 bits per heavy atom. The molecule has 3 heterocycles. The third-order valence-corrected chi connectivity index (χ3v) is 5.62. The predicted octanol–water partition coefficient (Wildman–Crippen LogP) is 2.64. The minimum atomic E-state index is -0.214. The molecule has 8 nitrogen and oxygen atoms in total. The monoisotopic (exact) mass is 421 g/mol. The van der Waals surface area contributed by atoms with Gasteiger partial charge in [-0.3, -0.25) is 9.78 Å². The Morgan fingerprint density at radius 1 is 1.29 bits per heavy atom. The summed E-state index contributed by atoms with van der Waals surface area (Å²) in [6.07, 6.45) is 5.01. The van der Waals surface area contributed by atoms with E-state index in [-0.39, 0.29) is 18.0 Å². The Hall–Kier alpha value is -3.55. The van der Waals surface area contributed by atoms with Gasteiger partial charge in [0.15, 0.2) is 0 Å². The van der Waals surface area contributed by atoms with Crippen LogP contribution in [-0.2, 0) is 6.42 Å². The number of benzene rings is 1. The molecule has 1 aromatic carbocycles. The predicted molar refractivity (Wildman–Crippen MR) is 118 cm³/mol. The zero-order chi connectivity index (χ0) is 21.8. The Morgan fingerprint density at radius 2 is 2.16 bits per heavy atom. The van der Waals surface area contributed by atoms with E-state index in [1.165, 1.54) is 0 Å². The number of methoxy groups -OCH3 is 1. The summed E-state index contributed by atoms with van der Waals surface area (Å²) < 4.78 is 5.30. The number of aromatic amines is 1. The van der Waals surface area contributed by atoms with E-state index < -0.39 is 0 Å². The van der Waals surface area contributed by atoms with Crippen molar-refractivity contribution in [3.8, 4) is 5.75 Å². The smallest absolute Gasteiger partial charge is 0.315 e. The van der Waals surface area contributed by atoms with E-state index in [2.05, 4.69) is 20.6 Å². The summed E-state index contributed by atoms with van der Waals surface area (Å²) in [6, 6.07) is 9.24. The maximum atomic E-state index is 12.6. The van der Waals surface area contributed by atoms with Crippen molar-refractivity contribution in [3.05, 3.63) is 59.5 Å². The number of likely N-dealkylation sites (tertiary alicyclic amines) is 1. The van der Waals surface area contributed by atoms with Gasteiger partial charge in [-0.2, -0.15) is 0 Å². The highest BCUT2D eigenvalue weighted by Crippen LogP contribution is 2.23. The number of rotatable bonds is 6. The molecule has 4 rings (SSSR count). The maximum Gasteiger partial charge on any atom is 0.315 e. The van der Waals surface area contributed by atoms with Crippen molar-refractivity contribution in [2.24, 2.45) is 0 Å². The van der Waals surface area contributed by atoms with Gasteiger partial charge in [-0.1, -0.05) is 0 Å². The summed E-state index contributed by atoms with van der Waals surface area (Å²) in [4.78, 5) is 34.1. The lowest BCUT2D eigenvalue weighted by atomic mass is 10.1. The summed E-state index contributed by atoms with van der Waals surface area (Å²) in [5.74, 6) is 0.757. The molecule has 1 saturated heterocycles. The van der Waals surface area contributed by atoms with E-state index >= 15 is 0 Å². The highest BCUT2D eigenvalue weighted by molar-refractivity contribution is 5.94. The number of nitrogens with one attached hydrogen (secondary N) is 3.